The minimum Gasteiger partial charge on any atom is -0.316 e. The molecule has 0 heterocycles. The average Bonchev–Trinajstić information content (AvgIpc) is 3.00. The third-order valence-corrected chi connectivity index (χ3v) is 5.58. The van der Waals surface area contributed by atoms with Crippen molar-refractivity contribution in [3.63, 3.8) is 0 Å². The van der Waals surface area contributed by atoms with Gasteiger partial charge in [-0.1, -0.05) is 27.7 Å². The summed E-state index contributed by atoms with van der Waals surface area (Å²) in [6, 6.07) is 2.32. The molecule has 2 heteroatoms. The third kappa shape index (κ3) is 1.76. The van der Waals surface area contributed by atoms with Crippen LogP contribution in [0.2, 0.25) is 0 Å². The van der Waals surface area contributed by atoms with Gasteiger partial charge in [0.2, 0.25) is 0 Å². The number of rotatable bonds is 5. The molecule has 0 amide bonds. The lowest BCUT2D eigenvalue weighted by Gasteiger charge is -2.12. The second-order valence-corrected chi connectivity index (χ2v) is 6.96. The minimum absolute atomic E-state index is 0.345. The largest absolute Gasteiger partial charge is 0.316 e. The van der Waals surface area contributed by atoms with Crippen molar-refractivity contribution in [3.05, 3.63) is 0 Å². The van der Waals surface area contributed by atoms with Crippen LogP contribution in [-0.2, 0) is 0 Å². The molecule has 0 aromatic carbocycles. The van der Waals surface area contributed by atoms with E-state index < -0.39 is 0 Å². The van der Waals surface area contributed by atoms with Crippen molar-refractivity contribution in [2.45, 2.75) is 47.0 Å². The van der Waals surface area contributed by atoms with E-state index in [0.717, 1.165) is 25.4 Å². The molecule has 0 spiro atoms. The van der Waals surface area contributed by atoms with Gasteiger partial charge in [-0.3, -0.25) is 0 Å². The highest BCUT2D eigenvalue weighted by Gasteiger charge is 2.63. The molecule has 2 fully saturated rings. The van der Waals surface area contributed by atoms with Crippen LogP contribution in [0.25, 0.3) is 0 Å². The SMILES string of the molecule is CC1(C)C(CNCC2(CC#N)CC2)C1(C)C. The Morgan fingerprint density at radius 2 is 1.75 bits per heavy atom. The van der Waals surface area contributed by atoms with E-state index in [2.05, 4.69) is 39.1 Å². The summed E-state index contributed by atoms with van der Waals surface area (Å²) in [4.78, 5) is 0. The molecule has 2 nitrogen and oxygen atoms in total. The lowest BCUT2D eigenvalue weighted by atomic mass is 10.0. The molecule has 16 heavy (non-hydrogen) atoms. The highest BCUT2D eigenvalue weighted by atomic mass is 14.9. The Hall–Kier alpha value is -0.550. The Kier molecular flexibility index (Phi) is 2.58. The Morgan fingerprint density at radius 1 is 1.19 bits per heavy atom. The first-order valence-corrected chi connectivity index (χ1v) is 6.43. The van der Waals surface area contributed by atoms with Crippen LogP contribution in [0.5, 0.6) is 0 Å². The molecule has 0 radical (unpaired) electrons. The number of nitrogens with zero attached hydrogens (tertiary/aromatic N) is 1. The van der Waals surface area contributed by atoms with Gasteiger partial charge in [-0.15, -0.1) is 0 Å². The first kappa shape index (κ1) is 11.9. The second kappa shape index (κ2) is 3.47. The van der Waals surface area contributed by atoms with Crippen LogP contribution in [0.4, 0.5) is 0 Å². The zero-order chi connectivity index (χ0) is 12.0. The molecule has 90 valence electrons. The minimum atomic E-state index is 0.345. The number of hydrogen-bond acceptors (Lipinski definition) is 2. The van der Waals surface area contributed by atoms with Gasteiger partial charge in [-0.25, -0.2) is 0 Å². The topological polar surface area (TPSA) is 35.8 Å². The number of hydrogen-bond donors (Lipinski definition) is 1. The number of nitrogens with one attached hydrogen (secondary N) is 1. The smallest absolute Gasteiger partial charge is 0.0628 e. The van der Waals surface area contributed by atoms with Crippen molar-refractivity contribution in [2.75, 3.05) is 13.1 Å². The van der Waals surface area contributed by atoms with Crippen molar-refractivity contribution < 1.29 is 0 Å². The summed E-state index contributed by atoms with van der Waals surface area (Å²) in [6.07, 6.45) is 3.22. The van der Waals surface area contributed by atoms with Gasteiger partial charge in [-0.2, -0.15) is 5.26 Å². The first-order chi connectivity index (χ1) is 7.36. The van der Waals surface area contributed by atoms with E-state index in [0.29, 0.717) is 16.2 Å². The van der Waals surface area contributed by atoms with Gasteiger partial charge in [0.15, 0.2) is 0 Å². The van der Waals surface area contributed by atoms with Crippen LogP contribution < -0.4 is 5.32 Å². The molecule has 0 atom stereocenters. The standard InChI is InChI=1S/C14H24N2/c1-12(2)11(13(12,3)4)9-16-10-14(5-6-14)7-8-15/h11,16H,5-7,9-10H2,1-4H3. The van der Waals surface area contributed by atoms with Crippen molar-refractivity contribution in [1.82, 2.24) is 5.32 Å². The molecule has 2 aliphatic rings. The fourth-order valence-electron chi connectivity index (χ4n) is 3.09. The van der Waals surface area contributed by atoms with Gasteiger partial charge < -0.3 is 5.32 Å². The number of nitriles is 1. The predicted octanol–water partition coefficient (Wildman–Crippen LogP) is 2.95. The zero-order valence-corrected chi connectivity index (χ0v) is 11.1. The van der Waals surface area contributed by atoms with Crippen LogP contribution in [-0.4, -0.2) is 13.1 Å². The van der Waals surface area contributed by atoms with Gasteiger partial charge in [0.05, 0.1) is 6.07 Å². The quantitative estimate of drug-likeness (QED) is 0.773. The van der Waals surface area contributed by atoms with Crippen LogP contribution in [0, 0.1) is 33.5 Å². The van der Waals surface area contributed by atoms with E-state index >= 15 is 0 Å². The highest BCUT2D eigenvalue weighted by molar-refractivity contribution is 5.13. The molecule has 2 saturated carbocycles. The maximum absolute atomic E-state index is 8.75. The lowest BCUT2D eigenvalue weighted by Crippen LogP contribution is -2.27. The lowest BCUT2D eigenvalue weighted by molar-refractivity contribution is 0.439. The fraction of sp³-hybridized carbons (Fsp3) is 0.929. The van der Waals surface area contributed by atoms with E-state index in [9.17, 15) is 0 Å². The van der Waals surface area contributed by atoms with Crippen LogP contribution >= 0.6 is 0 Å². The molecule has 0 saturated heterocycles. The molecule has 0 unspecified atom stereocenters. The van der Waals surface area contributed by atoms with Crippen molar-refractivity contribution in [2.24, 2.45) is 22.2 Å². The van der Waals surface area contributed by atoms with Gasteiger partial charge >= 0.3 is 0 Å². The normalized spacial score (nSPS) is 28.4. The zero-order valence-electron chi connectivity index (χ0n) is 11.1. The third-order valence-electron chi connectivity index (χ3n) is 5.58. The second-order valence-electron chi connectivity index (χ2n) is 6.96. The van der Waals surface area contributed by atoms with Crippen LogP contribution in [0.15, 0.2) is 0 Å². The summed E-state index contributed by atoms with van der Waals surface area (Å²) in [5.74, 6) is 0.790. The van der Waals surface area contributed by atoms with Gasteiger partial charge in [0.1, 0.15) is 0 Å². The maximum atomic E-state index is 8.75. The molecule has 0 aromatic heterocycles. The van der Waals surface area contributed by atoms with Gasteiger partial charge in [0, 0.05) is 13.0 Å². The van der Waals surface area contributed by atoms with E-state index in [4.69, 9.17) is 5.26 Å². The Bertz CT molecular complexity index is 304. The fourth-order valence-corrected chi connectivity index (χ4v) is 3.09. The monoisotopic (exact) mass is 220 g/mol. The average molecular weight is 220 g/mol. The summed E-state index contributed by atoms with van der Waals surface area (Å²) >= 11 is 0. The van der Waals surface area contributed by atoms with Crippen molar-refractivity contribution in [3.8, 4) is 6.07 Å². The summed E-state index contributed by atoms with van der Waals surface area (Å²) in [5, 5.41) is 12.3. The van der Waals surface area contributed by atoms with E-state index in [1.165, 1.54) is 12.8 Å². The van der Waals surface area contributed by atoms with Crippen molar-refractivity contribution in [1.29, 1.82) is 5.26 Å². The first-order valence-electron chi connectivity index (χ1n) is 6.43. The molecule has 0 aromatic rings. The van der Waals surface area contributed by atoms with Crippen LogP contribution in [0.3, 0.4) is 0 Å². The van der Waals surface area contributed by atoms with Crippen LogP contribution in [0.1, 0.15) is 47.0 Å². The molecule has 0 bridgehead atoms. The Labute approximate surface area is 99.4 Å². The van der Waals surface area contributed by atoms with E-state index in [1.807, 2.05) is 0 Å². The molecule has 2 rings (SSSR count). The van der Waals surface area contributed by atoms with E-state index in [1.54, 1.807) is 0 Å². The molecular weight excluding hydrogens is 196 g/mol. The summed E-state index contributed by atoms with van der Waals surface area (Å²) in [5.41, 5.74) is 1.30. The van der Waals surface area contributed by atoms with Gasteiger partial charge in [0.25, 0.3) is 0 Å². The summed E-state index contributed by atoms with van der Waals surface area (Å²) in [7, 11) is 0. The van der Waals surface area contributed by atoms with Gasteiger partial charge in [-0.05, 0) is 41.5 Å². The highest BCUT2D eigenvalue weighted by Crippen LogP contribution is 2.68. The predicted molar refractivity (Wildman–Crippen MR) is 65.8 cm³/mol. The van der Waals surface area contributed by atoms with E-state index in [-0.39, 0.29) is 0 Å². The summed E-state index contributed by atoms with van der Waals surface area (Å²) in [6.45, 7) is 11.6. The summed E-state index contributed by atoms with van der Waals surface area (Å²) < 4.78 is 0. The Morgan fingerprint density at radius 3 is 2.12 bits per heavy atom. The Balaban J connectivity index is 1.73. The maximum Gasteiger partial charge on any atom is 0.0628 e. The molecule has 1 N–H and O–H groups in total. The molecule has 0 aliphatic heterocycles. The molecule has 2 aliphatic carbocycles. The van der Waals surface area contributed by atoms with Crippen molar-refractivity contribution >= 4 is 0 Å². The molecular formula is C14H24N2.